The van der Waals surface area contributed by atoms with E-state index < -0.39 is 11.9 Å². The molecule has 1 aromatic rings. The van der Waals surface area contributed by atoms with Gasteiger partial charge in [-0.3, -0.25) is 14.3 Å². The van der Waals surface area contributed by atoms with Gasteiger partial charge in [0, 0.05) is 31.7 Å². The maximum absolute atomic E-state index is 13.0. The molecule has 0 spiro atoms. The molecule has 3 fully saturated rings. The van der Waals surface area contributed by atoms with Crippen molar-refractivity contribution in [1.29, 1.82) is 0 Å². The number of aliphatic carboxylic acids is 1. The molecule has 1 aromatic heterocycles. The molecule has 1 aliphatic heterocycles. The third-order valence-electron chi connectivity index (χ3n) is 5.51. The van der Waals surface area contributed by atoms with E-state index in [0.717, 1.165) is 37.9 Å². The van der Waals surface area contributed by atoms with Crippen LogP contribution in [-0.4, -0.2) is 44.8 Å². The van der Waals surface area contributed by atoms with E-state index in [-0.39, 0.29) is 11.8 Å². The van der Waals surface area contributed by atoms with Gasteiger partial charge in [-0.15, -0.1) is 0 Å². The van der Waals surface area contributed by atoms with Crippen molar-refractivity contribution in [3.63, 3.8) is 0 Å². The summed E-state index contributed by atoms with van der Waals surface area (Å²) in [5.74, 6) is -0.155. The molecule has 6 nitrogen and oxygen atoms in total. The van der Waals surface area contributed by atoms with Gasteiger partial charge in [0.25, 0.3) is 5.91 Å². The molecule has 1 N–H and O–H groups in total. The Balaban J connectivity index is 1.57. The van der Waals surface area contributed by atoms with Crippen LogP contribution < -0.4 is 0 Å². The number of carboxylic acids is 1. The maximum Gasteiger partial charge on any atom is 0.308 e. The Hall–Kier alpha value is -1.85. The zero-order chi connectivity index (χ0) is 16.1. The minimum Gasteiger partial charge on any atom is -0.481 e. The number of aromatic nitrogens is 2. The van der Waals surface area contributed by atoms with Crippen molar-refractivity contribution >= 4 is 11.9 Å². The molecule has 0 aromatic carbocycles. The minimum atomic E-state index is -0.760. The van der Waals surface area contributed by atoms with Gasteiger partial charge in [-0.2, -0.15) is 5.10 Å². The zero-order valence-electron chi connectivity index (χ0n) is 13.4. The molecular formula is C17H23N3O3. The number of amides is 1. The first-order valence-electron chi connectivity index (χ1n) is 8.68. The highest BCUT2D eigenvalue weighted by Gasteiger charge is 2.47. The van der Waals surface area contributed by atoms with Gasteiger partial charge < -0.3 is 10.0 Å². The van der Waals surface area contributed by atoms with Crippen LogP contribution >= 0.6 is 0 Å². The SMILES string of the molecule is CCn1cc(C(=O)N2C[C@@H](C(=O)O)[C@H](C3CC3)C2)c(C2CC2)n1. The van der Waals surface area contributed by atoms with E-state index in [9.17, 15) is 14.7 Å². The number of carbonyl (C=O) groups is 2. The van der Waals surface area contributed by atoms with Crippen LogP contribution in [0, 0.1) is 17.8 Å². The van der Waals surface area contributed by atoms with E-state index in [2.05, 4.69) is 5.10 Å². The van der Waals surface area contributed by atoms with Gasteiger partial charge in [0.15, 0.2) is 0 Å². The monoisotopic (exact) mass is 317 g/mol. The summed E-state index contributed by atoms with van der Waals surface area (Å²) < 4.78 is 1.82. The second-order valence-corrected chi connectivity index (χ2v) is 7.21. The maximum atomic E-state index is 13.0. The lowest BCUT2D eigenvalue weighted by molar-refractivity contribution is -0.142. The Labute approximate surface area is 135 Å². The van der Waals surface area contributed by atoms with E-state index in [0.29, 0.717) is 30.5 Å². The Kier molecular flexibility index (Phi) is 3.43. The molecule has 4 rings (SSSR count). The molecule has 2 atom stereocenters. The predicted octanol–water partition coefficient (Wildman–Crippen LogP) is 1.96. The van der Waals surface area contributed by atoms with Gasteiger partial charge in [0.2, 0.25) is 0 Å². The highest BCUT2D eigenvalue weighted by molar-refractivity contribution is 5.96. The normalized spacial score (nSPS) is 27.4. The summed E-state index contributed by atoms with van der Waals surface area (Å²) in [5, 5.41) is 14.0. The number of hydrogen-bond donors (Lipinski definition) is 1. The molecule has 0 bridgehead atoms. The van der Waals surface area contributed by atoms with Crippen LogP contribution in [0.25, 0.3) is 0 Å². The van der Waals surface area contributed by atoms with Crippen molar-refractivity contribution in [2.45, 2.75) is 45.1 Å². The third kappa shape index (κ3) is 2.64. The van der Waals surface area contributed by atoms with Crippen molar-refractivity contribution < 1.29 is 14.7 Å². The van der Waals surface area contributed by atoms with Gasteiger partial charge in [0.1, 0.15) is 0 Å². The van der Waals surface area contributed by atoms with E-state index in [1.807, 2.05) is 17.8 Å². The molecule has 1 saturated heterocycles. The van der Waals surface area contributed by atoms with E-state index in [1.165, 1.54) is 0 Å². The van der Waals surface area contributed by atoms with Crippen LogP contribution in [0.4, 0.5) is 0 Å². The first-order valence-corrected chi connectivity index (χ1v) is 8.68. The number of rotatable bonds is 5. The van der Waals surface area contributed by atoms with Crippen LogP contribution in [0.2, 0.25) is 0 Å². The lowest BCUT2D eigenvalue weighted by Crippen LogP contribution is -2.30. The van der Waals surface area contributed by atoms with Gasteiger partial charge in [0.05, 0.1) is 17.2 Å². The molecule has 0 unspecified atom stereocenters. The average molecular weight is 317 g/mol. The summed E-state index contributed by atoms with van der Waals surface area (Å²) in [6.45, 7) is 3.69. The quantitative estimate of drug-likeness (QED) is 0.901. The standard InChI is InChI=1S/C17H23N3O3/c1-2-20-9-14(15(18-20)11-5-6-11)16(21)19-7-12(10-3-4-10)13(8-19)17(22)23/h9-13H,2-8H2,1H3,(H,22,23)/t12-,13+/m0/s1. The lowest BCUT2D eigenvalue weighted by Gasteiger charge is -2.16. The number of carbonyl (C=O) groups excluding carboxylic acids is 1. The highest BCUT2D eigenvalue weighted by Crippen LogP contribution is 2.45. The molecule has 2 heterocycles. The van der Waals surface area contributed by atoms with Crippen molar-refractivity contribution in [2.75, 3.05) is 13.1 Å². The van der Waals surface area contributed by atoms with Crippen molar-refractivity contribution in [3.05, 3.63) is 17.5 Å². The first kappa shape index (κ1) is 14.7. The molecule has 2 saturated carbocycles. The second-order valence-electron chi connectivity index (χ2n) is 7.21. The van der Waals surface area contributed by atoms with Crippen LogP contribution in [0.15, 0.2) is 6.20 Å². The van der Waals surface area contributed by atoms with Crippen LogP contribution in [-0.2, 0) is 11.3 Å². The average Bonchev–Trinajstić information content (AvgIpc) is 3.47. The second kappa shape index (κ2) is 5.35. The smallest absolute Gasteiger partial charge is 0.308 e. The van der Waals surface area contributed by atoms with Crippen LogP contribution in [0.3, 0.4) is 0 Å². The van der Waals surface area contributed by atoms with Crippen molar-refractivity contribution in [2.24, 2.45) is 17.8 Å². The van der Waals surface area contributed by atoms with Crippen LogP contribution in [0.1, 0.15) is 54.6 Å². The fourth-order valence-electron chi connectivity index (χ4n) is 3.85. The molecule has 3 aliphatic rings. The summed E-state index contributed by atoms with van der Waals surface area (Å²) in [4.78, 5) is 26.3. The fourth-order valence-corrected chi connectivity index (χ4v) is 3.85. The number of hydrogen-bond acceptors (Lipinski definition) is 3. The summed E-state index contributed by atoms with van der Waals surface area (Å²) in [6, 6.07) is 0. The number of likely N-dealkylation sites (tertiary alicyclic amines) is 1. The number of nitrogens with zero attached hydrogens (tertiary/aromatic N) is 3. The van der Waals surface area contributed by atoms with Gasteiger partial charge in [-0.25, -0.2) is 0 Å². The summed E-state index contributed by atoms with van der Waals surface area (Å²) in [6.07, 6.45) is 6.26. The number of aryl methyl sites for hydroxylation is 1. The zero-order valence-corrected chi connectivity index (χ0v) is 13.4. The Bertz CT molecular complexity index is 646. The molecule has 6 heteroatoms. The number of carboxylic acid groups (broad SMARTS) is 1. The third-order valence-corrected chi connectivity index (χ3v) is 5.51. The summed E-state index contributed by atoms with van der Waals surface area (Å²) >= 11 is 0. The largest absolute Gasteiger partial charge is 0.481 e. The van der Waals surface area contributed by atoms with Crippen molar-refractivity contribution in [3.8, 4) is 0 Å². The fraction of sp³-hybridized carbons (Fsp3) is 0.706. The summed E-state index contributed by atoms with van der Waals surface area (Å²) in [5.41, 5.74) is 1.61. The van der Waals surface area contributed by atoms with Crippen molar-refractivity contribution in [1.82, 2.24) is 14.7 Å². The topological polar surface area (TPSA) is 75.4 Å². The molecule has 0 radical (unpaired) electrons. The van der Waals surface area contributed by atoms with Gasteiger partial charge in [-0.05, 0) is 44.4 Å². The van der Waals surface area contributed by atoms with E-state index >= 15 is 0 Å². The highest BCUT2D eigenvalue weighted by atomic mass is 16.4. The predicted molar refractivity (Wildman–Crippen MR) is 83.1 cm³/mol. The van der Waals surface area contributed by atoms with E-state index in [1.54, 1.807) is 4.90 Å². The molecule has 23 heavy (non-hydrogen) atoms. The van der Waals surface area contributed by atoms with Crippen LogP contribution in [0.5, 0.6) is 0 Å². The molecule has 2 aliphatic carbocycles. The van der Waals surface area contributed by atoms with Gasteiger partial charge in [-0.1, -0.05) is 0 Å². The Morgan fingerprint density at radius 3 is 2.57 bits per heavy atom. The first-order chi connectivity index (χ1) is 11.1. The van der Waals surface area contributed by atoms with Gasteiger partial charge >= 0.3 is 5.97 Å². The van der Waals surface area contributed by atoms with E-state index in [4.69, 9.17) is 0 Å². The molecule has 124 valence electrons. The lowest BCUT2D eigenvalue weighted by atomic mass is 9.92. The summed E-state index contributed by atoms with van der Waals surface area (Å²) in [7, 11) is 0. The molecular weight excluding hydrogens is 294 g/mol. The Morgan fingerprint density at radius 2 is 2.00 bits per heavy atom. The Morgan fingerprint density at radius 1 is 1.26 bits per heavy atom. The minimum absolute atomic E-state index is 0.0269. The molecule has 1 amide bonds.